The number of fused-ring (bicyclic) bond motifs is 1. The third kappa shape index (κ3) is 2.68. The highest BCUT2D eigenvalue weighted by Crippen LogP contribution is 2.19. The number of imidazole rings is 1. The Hall–Kier alpha value is -2.54. The molecular formula is C14H11FN4OS. The number of aromatic amines is 2. The van der Waals surface area contributed by atoms with Crippen molar-refractivity contribution in [2.75, 3.05) is 5.32 Å². The van der Waals surface area contributed by atoms with Crippen LogP contribution >= 0.6 is 12.2 Å². The van der Waals surface area contributed by atoms with Gasteiger partial charge < -0.3 is 15.3 Å². The van der Waals surface area contributed by atoms with Gasteiger partial charge in [-0.3, -0.25) is 4.79 Å². The van der Waals surface area contributed by atoms with E-state index in [1.165, 1.54) is 6.07 Å². The van der Waals surface area contributed by atoms with Gasteiger partial charge in [0.2, 0.25) is 0 Å². The predicted octanol–water partition coefficient (Wildman–Crippen LogP) is 3.32. The number of anilines is 1. The average molecular weight is 302 g/mol. The summed E-state index contributed by atoms with van der Waals surface area (Å²) >= 11 is 4.97. The quantitative estimate of drug-likeness (QED) is 0.636. The molecule has 1 amide bonds. The molecule has 0 aliphatic rings. The van der Waals surface area contributed by atoms with E-state index in [1.54, 1.807) is 12.3 Å². The summed E-state index contributed by atoms with van der Waals surface area (Å²) in [6, 6.07) is 5.99. The Morgan fingerprint density at radius 2 is 2.14 bits per heavy atom. The molecule has 5 nitrogen and oxygen atoms in total. The first kappa shape index (κ1) is 13.4. The Bertz CT molecular complexity index is 899. The summed E-state index contributed by atoms with van der Waals surface area (Å²) < 4.78 is 13.9. The lowest BCUT2D eigenvalue weighted by molar-refractivity contribution is 0.102. The molecule has 3 aromatic rings. The van der Waals surface area contributed by atoms with E-state index in [2.05, 4.69) is 20.3 Å². The van der Waals surface area contributed by atoms with Gasteiger partial charge in [0.05, 0.1) is 16.6 Å². The number of aromatic nitrogens is 3. The van der Waals surface area contributed by atoms with Crippen molar-refractivity contribution in [2.45, 2.75) is 6.92 Å². The smallest absolute Gasteiger partial charge is 0.259 e. The normalized spacial score (nSPS) is 10.8. The molecule has 0 saturated carbocycles. The minimum Gasteiger partial charge on any atom is -0.331 e. The number of carbonyl (C=O) groups is 1. The van der Waals surface area contributed by atoms with Gasteiger partial charge in [-0.05, 0) is 49.0 Å². The van der Waals surface area contributed by atoms with Crippen molar-refractivity contribution in [3.8, 4) is 0 Å². The molecular weight excluding hydrogens is 291 g/mol. The molecule has 0 fully saturated rings. The number of benzene rings is 1. The first-order chi connectivity index (χ1) is 10.0. The van der Waals surface area contributed by atoms with Crippen LogP contribution < -0.4 is 5.32 Å². The molecule has 3 rings (SSSR count). The fourth-order valence-electron chi connectivity index (χ4n) is 2.07. The van der Waals surface area contributed by atoms with E-state index in [0.717, 1.165) is 11.6 Å². The topological polar surface area (TPSA) is 73.6 Å². The monoisotopic (exact) mass is 302 g/mol. The summed E-state index contributed by atoms with van der Waals surface area (Å²) in [4.78, 5) is 22.0. The standard InChI is InChI=1S/C14H11FN4OS/c1-7-2-3-16-11(4-7)18-13(20)9-5-8(15)6-10-12(9)19-14(21)17-10/h2-6H,1H3,(H,16,18,20)(H2,17,19,21). The fraction of sp³-hybridized carbons (Fsp3) is 0.0714. The first-order valence-electron chi connectivity index (χ1n) is 6.18. The number of rotatable bonds is 2. The van der Waals surface area contributed by atoms with Crippen molar-refractivity contribution in [3.05, 3.63) is 52.2 Å². The molecule has 0 radical (unpaired) electrons. The highest BCUT2D eigenvalue weighted by atomic mass is 32.1. The van der Waals surface area contributed by atoms with E-state index >= 15 is 0 Å². The van der Waals surface area contributed by atoms with Crippen LogP contribution in [0.4, 0.5) is 10.2 Å². The van der Waals surface area contributed by atoms with Crippen LogP contribution in [0, 0.1) is 17.5 Å². The Morgan fingerprint density at radius 1 is 1.33 bits per heavy atom. The molecule has 0 saturated heterocycles. The highest BCUT2D eigenvalue weighted by Gasteiger charge is 2.14. The maximum absolute atomic E-state index is 13.6. The molecule has 0 aliphatic carbocycles. The van der Waals surface area contributed by atoms with Crippen molar-refractivity contribution in [2.24, 2.45) is 0 Å². The molecule has 0 bridgehead atoms. The highest BCUT2D eigenvalue weighted by molar-refractivity contribution is 7.71. The first-order valence-corrected chi connectivity index (χ1v) is 6.59. The van der Waals surface area contributed by atoms with Gasteiger partial charge in [-0.25, -0.2) is 9.37 Å². The van der Waals surface area contributed by atoms with Crippen molar-refractivity contribution in [1.29, 1.82) is 0 Å². The Kier molecular flexibility index (Phi) is 3.26. The van der Waals surface area contributed by atoms with E-state index in [9.17, 15) is 9.18 Å². The lowest BCUT2D eigenvalue weighted by Gasteiger charge is -2.06. The number of nitrogens with zero attached hydrogens (tertiary/aromatic N) is 1. The summed E-state index contributed by atoms with van der Waals surface area (Å²) in [7, 11) is 0. The number of amides is 1. The zero-order chi connectivity index (χ0) is 15.0. The SMILES string of the molecule is Cc1ccnc(NC(=O)c2cc(F)cc3[nH]c(=S)[nH]c23)c1. The summed E-state index contributed by atoms with van der Waals surface area (Å²) in [6.45, 7) is 1.89. The van der Waals surface area contributed by atoms with Crippen molar-refractivity contribution in [1.82, 2.24) is 15.0 Å². The maximum Gasteiger partial charge on any atom is 0.259 e. The minimum atomic E-state index is -0.518. The van der Waals surface area contributed by atoms with Crippen LogP contribution in [0.25, 0.3) is 11.0 Å². The minimum absolute atomic E-state index is 0.167. The van der Waals surface area contributed by atoms with Gasteiger partial charge >= 0.3 is 0 Å². The van der Waals surface area contributed by atoms with E-state index in [-0.39, 0.29) is 5.56 Å². The van der Waals surface area contributed by atoms with Gasteiger partial charge in [-0.2, -0.15) is 0 Å². The molecule has 3 N–H and O–H groups in total. The summed E-state index contributed by atoms with van der Waals surface area (Å²) in [5.41, 5.74) is 2.04. The van der Waals surface area contributed by atoms with Gasteiger partial charge in [0.1, 0.15) is 11.6 Å². The predicted molar refractivity (Wildman–Crippen MR) is 80.4 cm³/mol. The van der Waals surface area contributed by atoms with Crippen LogP contribution in [-0.2, 0) is 0 Å². The lowest BCUT2D eigenvalue weighted by atomic mass is 10.1. The van der Waals surface area contributed by atoms with Crippen LogP contribution in [0.3, 0.4) is 0 Å². The average Bonchev–Trinajstić information content (AvgIpc) is 2.77. The number of halogens is 1. The molecule has 1 aromatic carbocycles. The van der Waals surface area contributed by atoms with Gasteiger partial charge in [0, 0.05) is 6.20 Å². The second-order valence-corrected chi connectivity index (χ2v) is 5.04. The van der Waals surface area contributed by atoms with Gasteiger partial charge in [-0.15, -0.1) is 0 Å². The third-order valence-corrected chi connectivity index (χ3v) is 3.20. The second-order valence-electron chi connectivity index (χ2n) is 4.63. The lowest BCUT2D eigenvalue weighted by Crippen LogP contribution is -2.14. The van der Waals surface area contributed by atoms with E-state index < -0.39 is 11.7 Å². The number of H-pyrrole nitrogens is 2. The number of pyridine rings is 1. The van der Waals surface area contributed by atoms with E-state index in [1.807, 2.05) is 13.0 Å². The van der Waals surface area contributed by atoms with E-state index in [4.69, 9.17) is 12.2 Å². The molecule has 7 heteroatoms. The molecule has 0 aliphatic heterocycles. The Morgan fingerprint density at radius 3 is 2.90 bits per heavy atom. The molecule has 2 aromatic heterocycles. The third-order valence-electron chi connectivity index (χ3n) is 2.99. The maximum atomic E-state index is 13.6. The number of nitrogens with one attached hydrogen (secondary N) is 3. The van der Waals surface area contributed by atoms with Crippen LogP contribution in [0.15, 0.2) is 30.5 Å². The van der Waals surface area contributed by atoms with Gasteiger partial charge in [0.15, 0.2) is 4.77 Å². The molecule has 2 heterocycles. The number of aryl methyl sites for hydroxylation is 1. The number of hydrogen-bond acceptors (Lipinski definition) is 3. The summed E-state index contributed by atoms with van der Waals surface area (Å²) in [5, 5.41) is 2.64. The molecule has 0 unspecified atom stereocenters. The van der Waals surface area contributed by atoms with E-state index in [0.29, 0.717) is 21.6 Å². The Labute approximate surface area is 124 Å². The molecule has 0 atom stereocenters. The zero-order valence-electron chi connectivity index (χ0n) is 11.0. The van der Waals surface area contributed by atoms with Crippen LogP contribution in [0.2, 0.25) is 0 Å². The molecule has 21 heavy (non-hydrogen) atoms. The molecule has 106 valence electrons. The summed E-state index contributed by atoms with van der Waals surface area (Å²) in [5.74, 6) is -0.565. The van der Waals surface area contributed by atoms with Crippen LogP contribution in [0.1, 0.15) is 15.9 Å². The van der Waals surface area contributed by atoms with Crippen molar-refractivity contribution in [3.63, 3.8) is 0 Å². The molecule has 0 spiro atoms. The number of carbonyl (C=O) groups excluding carboxylic acids is 1. The van der Waals surface area contributed by atoms with Gasteiger partial charge in [-0.1, -0.05) is 0 Å². The van der Waals surface area contributed by atoms with Gasteiger partial charge in [0.25, 0.3) is 5.91 Å². The zero-order valence-corrected chi connectivity index (χ0v) is 11.8. The fourth-order valence-corrected chi connectivity index (χ4v) is 2.29. The second kappa shape index (κ2) is 5.10. The van der Waals surface area contributed by atoms with Crippen LogP contribution in [0.5, 0.6) is 0 Å². The Balaban J connectivity index is 2.03. The largest absolute Gasteiger partial charge is 0.331 e. The van der Waals surface area contributed by atoms with Crippen molar-refractivity contribution < 1.29 is 9.18 Å². The number of hydrogen-bond donors (Lipinski definition) is 3. The van der Waals surface area contributed by atoms with Crippen molar-refractivity contribution >= 4 is 35.0 Å². The van der Waals surface area contributed by atoms with Crippen LogP contribution in [-0.4, -0.2) is 20.9 Å². The summed E-state index contributed by atoms with van der Waals surface area (Å²) in [6.07, 6.45) is 1.59.